The van der Waals surface area contributed by atoms with E-state index in [4.69, 9.17) is 0 Å². The topological polar surface area (TPSA) is 33.6 Å². The predicted octanol–water partition coefficient (Wildman–Crippen LogP) is 1.73. The second kappa shape index (κ2) is 5.18. The smallest absolute Gasteiger partial charge is 0.106 e. The molecule has 1 N–H and O–H groups in total. The van der Waals surface area contributed by atoms with Crippen LogP contribution in [-0.2, 0) is 4.84 Å². The van der Waals surface area contributed by atoms with Crippen LogP contribution in [0, 0.1) is 0 Å². The fourth-order valence-electron chi connectivity index (χ4n) is 0.831. The summed E-state index contributed by atoms with van der Waals surface area (Å²) in [6.07, 6.45) is 1.67. The molecule has 0 aromatic heterocycles. The maximum Gasteiger partial charge on any atom is 0.106 e. The first-order valence-corrected chi connectivity index (χ1v) is 3.77. The number of para-hydroxylation sites is 1. The minimum Gasteiger partial charge on any atom is -0.399 e. The van der Waals surface area contributed by atoms with Crippen molar-refractivity contribution in [3.8, 4) is 0 Å². The molecule has 1 aromatic carbocycles. The van der Waals surface area contributed by atoms with Gasteiger partial charge in [-0.25, -0.2) is 0 Å². The third-order valence-corrected chi connectivity index (χ3v) is 1.35. The van der Waals surface area contributed by atoms with Crippen molar-refractivity contribution in [3.63, 3.8) is 0 Å². The van der Waals surface area contributed by atoms with Crippen molar-refractivity contribution in [2.75, 3.05) is 19.0 Å². The van der Waals surface area contributed by atoms with Crippen LogP contribution in [0.1, 0.15) is 0 Å². The van der Waals surface area contributed by atoms with Crippen LogP contribution in [0.25, 0.3) is 0 Å². The van der Waals surface area contributed by atoms with E-state index in [9.17, 15) is 0 Å². The highest BCUT2D eigenvalue weighted by molar-refractivity contribution is 5.63. The van der Waals surface area contributed by atoms with Crippen molar-refractivity contribution >= 4 is 11.9 Å². The van der Waals surface area contributed by atoms with Crippen LogP contribution in [0.5, 0.6) is 0 Å². The van der Waals surface area contributed by atoms with Gasteiger partial charge in [0, 0.05) is 5.69 Å². The molecule has 12 heavy (non-hydrogen) atoms. The van der Waals surface area contributed by atoms with Crippen molar-refractivity contribution in [2.24, 2.45) is 5.16 Å². The molecule has 0 amide bonds. The third-order valence-electron chi connectivity index (χ3n) is 1.35. The van der Waals surface area contributed by atoms with Crippen LogP contribution in [0.4, 0.5) is 5.69 Å². The van der Waals surface area contributed by atoms with Gasteiger partial charge in [-0.3, -0.25) is 0 Å². The number of rotatable bonds is 4. The summed E-state index contributed by atoms with van der Waals surface area (Å²) < 4.78 is 0. The molecule has 0 bridgehead atoms. The lowest BCUT2D eigenvalue weighted by atomic mass is 10.3. The minimum atomic E-state index is 0.678. The van der Waals surface area contributed by atoms with Gasteiger partial charge in [0.25, 0.3) is 0 Å². The van der Waals surface area contributed by atoms with E-state index in [1.807, 2.05) is 30.3 Å². The average molecular weight is 164 g/mol. The molecule has 0 spiro atoms. The third kappa shape index (κ3) is 3.05. The summed E-state index contributed by atoms with van der Waals surface area (Å²) in [4.78, 5) is 4.51. The Balaban J connectivity index is 2.29. The highest BCUT2D eigenvalue weighted by atomic mass is 16.6. The van der Waals surface area contributed by atoms with Crippen molar-refractivity contribution < 1.29 is 4.84 Å². The number of benzene rings is 1. The van der Waals surface area contributed by atoms with Gasteiger partial charge >= 0.3 is 0 Å². The van der Waals surface area contributed by atoms with Crippen LogP contribution in [-0.4, -0.2) is 19.9 Å². The minimum absolute atomic E-state index is 0.678. The zero-order valence-electron chi connectivity index (χ0n) is 7.03. The standard InChI is InChI=1S/C9H12N2O/c1-12-11-8-7-10-9-5-3-2-4-6-9/h2-6,8,10H,7H2,1H3/b11-8+. The fraction of sp³-hybridized carbons (Fsp3) is 0.222. The van der Waals surface area contributed by atoms with Gasteiger partial charge in [0.05, 0.1) is 12.8 Å². The monoisotopic (exact) mass is 164 g/mol. The fourth-order valence-corrected chi connectivity index (χ4v) is 0.831. The van der Waals surface area contributed by atoms with Crippen LogP contribution in [0.3, 0.4) is 0 Å². The van der Waals surface area contributed by atoms with Crippen molar-refractivity contribution in [3.05, 3.63) is 30.3 Å². The SMILES string of the molecule is CO/N=C/CNc1ccccc1. The summed E-state index contributed by atoms with van der Waals surface area (Å²) in [6, 6.07) is 9.95. The Morgan fingerprint density at radius 2 is 2.17 bits per heavy atom. The first-order chi connectivity index (χ1) is 5.93. The van der Waals surface area contributed by atoms with E-state index in [1.54, 1.807) is 6.21 Å². The van der Waals surface area contributed by atoms with E-state index < -0.39 is 0 Å². The predicted molar refractivity (Wildman–Crippen MR) is 50.4 cm³/mol. The quantitative estimate of drug-likeness (QED) is 0.543. The number of hydrogen-bond acceptors (Lipinski definition) is 3. The van der Waals surface area contributed by atoms with Crippen molar-refractivity contribution in [1.82, 2.24) is 0 Å². The summed E-state index contributed by atoms with van der Waals surface area (Å²) in [5.41, 5.74) is 1.08. The van der Waals surface area contributed by atoms with E-state index in [2.05, 4.69) is 15.3 Å². The molecule has 0 aliphatic rings. The molecule has 3 heteroatoms. The van der Waals surface area contributed by atoms with Crippen molar-refractivity contribution in [1.29, 1.82) is 0 Å². The zero-order valence-corrected chi connectivity index (χ0v) is 7.03. The normalized spacial score (nSPS) is 10.1. The van der Waals surface area contributed by atoms with E-state index >= 15 is 0 Å². The second-order valence-corrected chi connectivity index (χ2v) is 2.22. The Hall–Kier alpha value is -1.51. The molecule has 0 radical (unpaired) electrons. The number of anilines is 1. The number of nitrogens with one attached hydrogen (secondary N) is 1. The zero-order chi connectivity index (χ0) is 8.65. The molecule has 0 unspecified atom stereocenters. The molecule has 64 valence electrons. The second-order valence-electron chi connectivity index (χ2n) is 2.22. The van der Waals surface area contributed by atoms with Gasteiger partial charge in [-0.15, -0.1) is 0 Å². The Morgan fingerprint density at radius 1 is 1.42 bits per heavy atom. The lowest BCUT2D eigenvalue weighted by molar-refractivity contribution is 0.215. The van der Waals surface area contributed by atoms with Gasteiger partial charge in [0.1, 0.15) is 7.11 Å². The molecule has 0 aliphatic heterocycles. The summed E-state index contributed by atoms with van der Waals surface area (Å²) >= 11 is 0. The maximum atomic E-state index is 4.51. The lowest BCUT2D eigenvalue weighted by Crippen LogP contribution is -2.01. The van der Waals surface area contributed by atoms with Crippen LogP contribution in [0.15, 0.2) is 35.5 Å². The van der Waals surface area contributed by atoms with Gasteiger partial charge in [-0.1, -0.05) is 23.4 Å². The molecule has 0 saturated heterocycles. The lowest BCUT2D eigenvalue weighted by Gasteiger charge is -2.00. The van der Waals surface area contributed by atoms with Gasteiger partial charge < -0.3 is 10.2 Å². The van der Waals surface area contributed by atoms with E-state index in [0.29, 0.717) is 6.54 Å². The molecule has 3 nitrogen and oxygen atoms in total. The molecule has 1 aromatic rings. The van der Waals surface area contributed by atoms with Crippen molar-refractivity contribution in [2.45, 2.75) is 0 Å². The molecule has 0 aliphatic carbocycles. The molecular formula is C9H12N2O. The van der Waals surface area contributed by atoms with Gasteiger partial charge in [-0.05, 0) is 12.1 Å². The molecular weight excluding hydrogens is 152 g/mol. The average Bonchev–Trinajstić information content (AvgIpc) is 2.14. The van der Waals surface area contributed by atoms with Crippen LogP contribution in [0.2, 0.25) is 0 Å². The molecule has 0 saturated carbocycles. The highest BCUT2D eigenvalue weighted by Crippen LogP contribution is 2.02. The van der Waals surface area contributed by atoms with Gasteiger partial charge in [0.15, 0.2) is 0 Å². The number of oxime groups is 1. The first-order valence-electron chi connectivity index (χ1n) is 3.77. The van der Waals surface area contributed by atoms with Gasteiger partial charge in [-0.2, -0.15) is 0 Å². The van der Waals surface area contributed by atoms with E-state index in [-0.39, 0.29) is 0 Å². The Kier molecular flexibility index (Phi) is 3.71. The summed E-state index contributed by atoms with van der Waals surface area (Å²) in [5, 5.41) is 6.75. The summed E-state index contributed by atoms with van der Waals surface area (Å²) in [7, 11) is 1.53. The summed E-state index contributed by atoms with van der Waals surface area (Å²) in [6.45, 7) is 0.678. The van der Waals surface area contributed by atoms with Crippen LogP contribution < -0.4 is 5.32 Å². The van der Waals surface area contributed by atoms with Crippen LogP contribution >= 0.6 is 0 Å². The van der Waals surface area contributed by atoms with E-state index in [1.165, 1.54) is 7.11 Å². The molecule has 0 heterocycles. The first kappa shape index (κ1) is 8.59. The van der Waals surface area contributed by atoms with Gasteiger partial charge in [0.2, 0.25) is 0 Å². The highest BCUT2D eigenvalue weighted by Gasteiger charge is 1.84. The number of nitrogens with zero attached hydrogens (tertiary/aromatic N) is 1. The Morgan fingerprint density at radius 3 is 2.83 bits per heavy atom. The molecule has 1 rings (SSSR count). The Bertz CT molecular complexity index is 234. The largest absolute Gasteiger partial charge is 0.399 e. The number of hydrogen-bond donors (Lipinski definition) is 1. The Labute approximate surface area is 72.0 Å². The molecule has 0 atom stereocenters. The molecule has 0 fully saturated rings. The van der Waals surface area contributed by atoms with E-state index in [0.717, 1.165) is 5.69 Å². The summed E-state index contributed by atoms with van der Waals surface area (Å²) in [5.74, 6) is 0. The maximum absolute atomic E-state index is 4.51.